The van der Waals surface area contributed by atoms with Crippen LogP contribution < -0.4 is 0 Å². The normalized spacial score (nSPS) is 14.0. The molecule has 7 nitrogen and oxygen atoms in total. The number of hydrogen-bond donors (Lipinski definition) is 0. The molecule has 100 valence electrons. The van der Waals surface area contributed by atoms with Crippen LogP contribution in [0.5, 0.6) is 0 Å². The quantitative estimate of drug-likeness (QED) is 0.346. The standard InChI is InChI=1S/C11H11IN4O3/c1-19-11(8-12,9-2-4-13-5-3-9)15-7-6-14-10(15)16(17)18/h2-7H,8H2,1H3. The lowest BCUT2D eigenvalue weighted by Crippen LogP contribution is -2.39. The average molecular weight is 374 g/mol. The summed E-state index contributed by atoms with van der Waals surface area (Å²) >= 11 is 2.13. The van der Waals surface area contributed by atoms with Crippen molar-refractivity contribution in [3.63, 3.8) is 0 Å². The van der Waals surface area contributed by atoms with Crippen LogP contribution in [0.15, 0.2) is 36.9 Å². The Bertz CT molecular complexity index is 568. The van der Waals surface area contributed by atoms with E-state index in [4.69, 9.17) is 4.74 Å². The zero-order valence-corrected chi connectivity index (χ0v) is 12.2. The van der Waals surface area contributed by atoms with Gasteiger partial charge in [-0.05, 0) is 17.1 Å². The maximum Gasteiger partial charge on any atom is 0.437 e. The van der Waals surface area contributed by atoms with Crippen molar-refractivity contribution in [1.82, 2.24) is 14.5 Å². The van der Waals surface area contributed by atoms with Gasteiger partial charge in [0, 0.05) is 25.1 Å². The molecular weight excluding hydrogens is 363 g/mol. The highest BCUT2D eigenvalue weighted by Gasteiger charge is 2.40. The lowest BCUT2D eigenvalue weighted by atomic mass is 10.1. The van der Waals surface area contributed by atoms with Crippen molar-refractivity contribution in [3.05, 3.63) is 52.6 Å². The van der Waals surface area contributed by atoms with Crippen LogP contribution in [0.1, 0.15) is 5.56 Å². The molecule has 0 aliphatic carbocycles. The summed E-state index contributed by atoms with van der Waals surface area (Å²) in [5.41, 5.74) is -0.192. The fourth-order valence-corrected chi connectivity index (χ4v) is 3.00. The molecule has 2 aromatic heterocycles. The van der Waals surface area contributed by atoms with Crippen LogP contribution in [-0.4, -0.2) is 31.0 Å². The van der Waals surface area contributed by atoms with Crippen LogP contribution in [0.3, 0.4) is 0 Å². The second-order valence-corrected chi connectivity index (χ2v) is 4.48. The van der Waals surface area contributed by atoms with Gasteiger partial charge in [-0.3, -0.25) is 4.98 Å². The van der Waals surface area contributed by atoms with Gasteiger partial charge in [0.05, 0.1) is 4.43 Å². The highest BCUT2D eigenvalue weighted by atomic mass is 127. The molecule has 0 aliphatic rings. The van der Waals surface area contributed by atoms with Crippen LogP contribution >= 0.6 is 22.6 Å². The molecule has 0 saturated carbocycles. The van der Waals surface area contributed by atoms with E-state index in [0.717, 1.165) is 5.56 Å². The van der Waals surface area contributed by atoms with E-state index in [1.54, 1.807) is 30.7 Å². The topological polar surface area (TPSA) is 83.1 Å². The number of methoxy groups -OCH3 is 1. The Morgan fingerprint density at radius 2 is 2.16 bits per heavy atom. The Balaban J connectivity index is 2.63. The molecule has 0 bridgehead atoms. The van der Waals surface area contributed by atoms with E-state index >= 15 is 0 Å². The fourth-order valence-electron chi connectivity index (χ4n) is 1.88. The van der Waals surface area contributed by atoms with Gasteiger partial charge in [0.1, 0.15) is 12.4 Å². The summed E-state index contributed by atoms with van der Waals surface area (Å²) in [7, 11) is 1.52. The minimum atomic E-state index is -0.970. The maximum atomic E-state index is 11.0. The van der Waals surface area contributed by atoms with Crippen molar-refractivity contribution in [2.45, 2.75) is 5.72 Å². The Labute approximate surface area is 122 Å². The number of pyridine rings is 1. The third kappa shape index (κ3) is 2.32. The summed E-state index contributed by atoms with van der Waals surface area (Å²) in [4.78, 5) is 18.2. The first kappa shape index (κ1) is 13.9. The molecule has 0 spiro atoms. The van der Waals surface area contributed by atoms with E-state index < -0.39 is 10.6 Å². The second-order valence-electron chi connectivity index (χ2n) is 3.71. The summed E-state index contributed by atoms with van der Waals surface area (Å²) in [6.45, 7) is 0. The number of halogens is 1. The summed E-state index contributed by atoms with van der Waals surface area (Å²) in [5, 5.41) is 11.0. The SMILES string of the molecule is COC(CI)(c1ccncc1)n1ccnc1[N+](=O)[O-]. The minimum Gasteiger partial charge on any atom is -0.390 e. The summed E-state index contributed by atoms with van der Waals surface area (Å²) in [6, 6.07) is 3.54. The molecule has 0 aromatic carbocycles. The molecule has 2 heterocycles. The van der Waals surface area contributed by atoms with Gasteiger partial charge in [-0.25, -0.2) is 0 Å². The van der Waals surface area contributed by atoms with Crippen LogP contribution in [0.4, 0.5) is 5.95 Å². The van der Waals surface area contributed by atoms with Gasteiger partial charge in [-0.1, -0.05) is 27.6 Å². The smallest absolute Gasteiger partial charge is 0.390 e. The Morgan fingerprint density at radius 3 is 2.68 bits per heavy atom. The van der Waals surface area contributed by atoms with Crippen LogP contribution in [-0.2, 0) is 10.5 Å². The van der Waals surface area contributed by atoms with Gasteiger partial charge < -0.3 is 14.9 Å². The molecule has 2 rings (SSSR count). The number of ether oxygens (including phenoxy) is 1. The molecule has 1 atom stereocenters. The number of imidazole rings is 1. The molecular formula is C11H11IN4O3. The minimum absolute atomic E-state index is 0.254. The van der Waals surface area contributed by atoms with Gasteiger partial charge in [0.2, 0.25) is 5.72 Å². The van der Waals surface area contributed by atoms with Gasteiger partial charge >= 0.3 is 5.95 Å². The average Bonchev–Trinajstić information content (AvgIpc) is 2.92. The van der Waals surface area contributed by atoms with E-state index in [0.29, 0.717) is 4.43 Å². The monoisotopic (exact) mass is 374 g/mol. The highest BCUT2D eigenvalue weighted by Crippen LogP contribution is 2.32. The number of nitrogens with zero attached hydrogens (tertiary/aromatic N) is 4. The Morgan fingerprint density at radius 1 is 1.47 bits per heavy atom. The van der Waals surface area contributed by atoms with E-state index in [2.05, 4.69) is 32.6 Å². The fraction of sp³-hybridized carbons (Fsp3) is 0.273. The molecule has 0 amide bonds. The van der Waals surface area contributed by atoms with E-state index in [9.17, 15) is 10.1 Å². The molecule has 0 N–H and O–H groups in total. The van der Waals surface area contributed by atoms with Crippen molar-refractivity contribution in [2.24, 2.45) is 0 Å². The Kier molecular flexibility index (Phi) is 4.10. The molecule has 2 aromatic rings. The number of rotatable bonds is 5. The van der Waals surface area contributed by atoms with Crippen LogP contribution in [0, 0.1) is 10.1 Å². The van der Waals surface area contributed by atoms with Crippen molar-refractivity contribution in [1.29, 1.82) is 0 Å². The molecule has 1 unspecified atom stereocenters. The third-order valence-electron chi connectivity index (χ3n) is 2.82. The van der Waals surface area contributed by atoms with Gasteiger partial charge in [0.25, 0.3) is 0 Å². The van der Waals surface area contributed by atoms with Crippen molar-refractivity contribution in [2.75, 3.05) is 11.5 Å². The van der Waals surface area contributed by atoms with E-state index in [1.165, 1.54) is 17.9 Å². The number of nitro groups is 1. The zero-order chi connectivity index (χ0) is 13.9. The number of aromatic nitrogens is 3. The maximum absolute atomic E-state index is 11.0. The molecule has 8 heteroatoms. The van der Waals surface area contributed by atoms with Crippen molar-refractivity contribution in [3.8, 4) is 0 Å². The van der Waals surface area contributed by atoms with Crippen LogP contribution in [0.25, 0.3) is 0 Å². The van der Waals surface area contributed by atoms with Gasteiger partial charge in [0.15, 0.2) is 0 Å². The molecule has 19 heavy (non-hydrogen) atoms. The summed E-state index contributed by atoms with van der Waals surface area (Å²) in [5.74, 6) is -0.254. The Hall–Kier alpha value is -1.55. The number of hydrogen-bond acceptors (Lipinski definition) is 5. The molecule has 0 fully saturated rings. The lowest BCUT2D eigenvalue weighted by molar-refractivity contribution is -0.399. The van der Waals surface area contributed by atoms with E-state index in [-0.39, 0.29) is 5.95 Å². The lowest BCUT2D eigenvalue weighted by Gasteiger charge is -2.29. The largest absolute Gasteiger partial charge is 0.437 e. The molecule has 0 saturated heterocycles. The van der Waals surface area contributed by atoms with Gasteiger partial charge in [-0.15, -0.1) is 0 Å². The number of alkyl halides is 1. The highest BCUT2D eigenvalue weighted by molar-refractivity contribution is 14.1. The first-order valence-corrected chi connectivity index (χ1v) is 6.88. The van der Waals surface area contributed by atoms with Crippen molar-refractivity contribution >= 4 is 28.5 Å². The first-order chi connectivity index (χ1) is 9.15. The van der Waals surface area contributed by atoms with E-state index in [1.807, 2.05) is 0 Å². The predicted molar refractivity (Wildman–Crippen MR) is 76.1 cm³/mol. The van der Waals surface area contributed by atoms with Crippen LogP contribution in [0.2, 0.25) is 0 Å². The second kappa shape index (κ2) is 5.61. The van der Waals surface area contributed by atoms with Crippen molar-refractivity contribution < 1.29 is 9.66 Å². The summed E-state index contributed by atoms with van der Waals surface area (Å²) < 4.78 is 7.51. The zero-order valence-electron chi connectivity index (χ0n) is 10.1. The summed E-state index contributed by atoms with van der Waals surface area (Å²) in [6.07, 6.45) is 6.18. The third-order valence-corrected chi connectivity index (χ3v) is 3.86. The predicted octanol–water partition coefficient (Wildman–Crippen LogP) is 1.97. The molecule has 0 radical (unpaired) electrons. The molecule has 0 aliphatic heterocycles. The first-order valence-electron chi connectivity index (χ1n) is 5.35. The van der Waals surface area contributed by atoms with Gasteiger partial charge in [-0.2, -0.15) is 4.57 Å².